The van der Waals surface area contributed by atoms with Gasteiger partial charge >= 0.3 is 6.03 Å². The number of hydrogen-bond donors (Lipinski definition) is 3. The molecule has 3 amide bonds. The highest BCUT2D eigenvalue weighted by atomic mass is 35.5. The highest BCUT2D eigenvalue weighted by Crippen LogP contribution is 2.21. The molecule has 1 aromatic rings. The number of carbonyl (C=O) groups is 2. The molecule has 0 aliphatic carbocycles. The molecule has 0 bridgehead atoms. The number of benzene rings is 1. The number of amides is 3. The second kappa shape index (κ2) is 7.88. The van der Waals surface area contributed by atoms with Crippen molar-refractivity contribution in [2.45, 2.75) is 39.7 Å². The minimum Gasteiger partial charge on any atom is -0.368 e. The molecule has 0 aliphatic rings. The first kappa shape index (κ1) is 17.3. The molecule has 1 aromatic carbocycles. The maximum absolute atomic E-state index is 12.0. The Hall–Kier alpha value is -1.75. The largest absolute Gasteiger partial charge is 0.368 e. The summed E-state index contributed by atoms with van der Waals surface area (Å²) in [4.78, 5) is 23.4. The van der Waals surface area contributed by atoms with Gasteiger partial charge in [-0.2, -0.15) is 0 Å². The number of urea groups is 1. The Morgan fingerprint density at radius 2 is 2.00 bits per heavy atom. The molecule has 0 fully saturated rings. The molecule has 0 aliphatic heterocycles. The Labute approximate surface area is 130 Å². The number of carbonyl (C=O) groups excluding carboxylic acids is 2. The Kier molecular flexibility index (Phi) is 6.49. The number of nitrogens with one attached hydrogen (secondary N) is 2. The van der Waals surface area contributed by atoms with E-state index >= 15 is 0 Å². The van der Waals surface area contributed by atoms with Gasteiger partial charge < -0.3 is 16.4 Å². The Morgan fingerprint density at radius 3 is 2.52 bits per heavy atom. The fourth-order valence-corrected chi connectivity index (χ4v) is 2.21. The molecule has 0 spiro atoms. The average Bonchev–Trinajstić information content (AvgIpc) is 2.39. The number of nitrogens with two attached hydrogens (primary N) is 1. The average molecular weight is 312 g/mol. The second-order valence-electron chi connectivity index (χ2n) is 5.34. The minimum atomic E-state index is -0.678. The summed E-state index contributed by atoms with van der Waals surface area (Å²) in [5, 5.41) is 5.95. The lowest BCUT2D eigenvalue weighted by Gasteiger charge is -2.18. The molecule has 0 heterocycles. The van der Waals surface area contributed by atoms with Gasteiger partial charge in [0.05, 0.1) is 0 Å². The molecule has 0 radical (unpaired) electrons. The van der Waals surface area contributed by atoms with Crippen LogP contribution in [0, 0.1) is 5.92 Å². The Balaban J connectivity index is 2.74. The van der Waals surface area contributed by atoms with E-state index in [0.717, 1.165) is 12.0 Å². The summed E-state index contributed by atoms with van der Waals surface area (Å²) in [5.41, 5.74) is 6.90. The molecule has 0 aromatic heterocycles. The van der Waals surface area contributed by atoms with Crippen molar-refractivity contribution in [3.05, 3.63) is 28.8 Å². The van der Waals surface area contributed by atoms with E-state index in [2.05, 4.69) is 10.6 Å². The first-order chi connectivity index (χ1) is 9.83. The van der Waals surface area contributed by atoms with Crippen LogP contribution in [0.4, 0.5) is 10.5 Å². The summed E-state index contributed by atoms with van der Waals surface area (Å²) in [5.74, 6) is -0.282. The zero-order chi connectivity index (χ0) is 16.0. The van der Waals surface area contributed by atoms with Gasteiger partial charge in [0.1, 0.15) is 6.04 Å². The van der Waals surface area contributed by atoms with Gasteiger partial charge in [-0.15, -0.1) is 0 Å². The van der Waals surface area contributed by atoms with Crippen molar-refractivity contribution in [3.8, 4) is 0 Å². The van der Waals surface area contributed by atoms with Gasteiger partial charge in [0.2, 0.25) is 5.91 Å². The number of rotatable bonds is 6. The van der Waals surface area contributed by atoms with Crippen LogP contribution in [0.25, 0.3) is 0 Å². The van der Waals surface area contributed by atoms with Gasteiger partial charge in [0, 0.05) is 10.7 Å². The maximum atomic E-state index is 12.0. The van der Waals surface area contributed by atoms with E-state index in [9.17, 15) is 9.59 Å². The van der Waals surface area contributed by atoms with E-state index in [-0.39, 0.29) is 5.92 Å². The molecule has 116 valence electrons. The van der Waals surface area contributed by atoms with Crippen molar-refractivity contribution < 1.29 is 9.59 Å². The van der Waals surface area contributed by atoms with Crippen LogP contribution in [0.2, 0.25) is 5.02 Å². The number of primary amides is 1. The van der Waals surface area contributed by atoms with Crippen molar-refractivity contribution >= 4 is 29.2 Å². The standard InChI is InChI=1S/C15H22ClN3O2/c1-4-10-8-11(16)5-6-12(10)18-15(21)19-13(14(17)20)7-9(2)3/h5-6,8-9,13H,4,7H2,1-3H3,(H2,17,20)(H2,18,19,21)/t13-/m0/s1. The van der Waals surface area contributed by atoms with Crippen molar-refractivity contribution in [2.75, 3.05) is 5.32 Å². The van der Waals surface area contributed by atoms with Crippen LogP contribution in [-0.4, -0.2) is 18.0 Å². The fraction of sp³-hybridized carbons (Fsp3) is 0.467. The van der Waals surface area contributed by atoms with Crippen molar-refractivity contribution in [1.82, 2.24) is 5.32 Å². The third-order valence-electron chi connectivity index (χ3n) is 3.05. The number of hydrogen-bond acceptors (Lipinski definition) is 2. The molecule has 1 atom stereocenters. The summed E-state index contributed by atoms with van der Waals surface area (Å²) in [7, 11) is 0. The SMILES string of the molecule is CCc1cc(Cl)ccc1NC(=O)N[C@@H](CC(C)C)C(N)=O. The molecule has 0 unspecified atom stereocenters. The molecular weight excluding hydrogens is 290 g/mol. The van der Waals surface area contributed by atoms with Crippen LogP contribution in [-0.2, 0) is 11.2 Å². The maximum Gasteiger partial charge on any atom is 0.319 e. The number of aryl methyl sites for hydroxylation is 1. The lowest BCUT2D eigenvalue weighted by molar-refractivity contribution is -0.120. The van der Waals surface area contributed by atoms with Gasteiger partial charge in [-0.05, 0) is 42.5 Å². The summed E-state index contributed by atoms with van der Waals surface area (Å²) in [6, 6.07) is 4.12. The highest BCUT2D eigenvalue weighted by Gasteiger charge is 2.19. The predicted octanol–water partition coefficient (Wildman–Crippen LogP) is 2.92. The summed E-state index contributed by atoms with van der Waals surface area (Å²) in [6.07, 6.45) is 1.24. The van der Waals surface area contributed by atoms with Crippen molar-refractivity contribution in [3.63, 3.8) is 0 Å². The summed E-state index contributed by atoms with van der Waals surface area (Å²) in [6.45, 7) is 5.90. The van der Waals surface area contributed by atoms with E-state index in [1.165, 1.54) is 0 Å². The number of halogens is 1. The predicted molar refractivity (Wildman–Crippen MR) is 85.4 cm³/mol. The fourth-order valence-electron chi connectivity index (χ4n) is 2.01. The van der Waals surface area contributed by atoms with E-state index in [0.29, 0.717) is 17.1 Å². The summed E-state index contributed by atoms with van der Waals surface area (Å²) < 4.78 is 0. The zero-order valence-electron chi connectivity index (χ0n) is 12.6. The molecule has 21 heavy (non-hydrogen) atoms. The molecule has 5 nitrogen and oxygen atoms in total. The van der Waals surface area contributed by atoms with E-state index in [1.54, 1.807) is 18.2 Å². The van der Waals surface area contributed by atoms with E-state index < -0.39 is 18.0 Å². The van der Waals surface area contributed by atoms with Gasteiger partial charge in [-0.3, -0.25) is 4.79 Å². The zero-order valence-corrected chi connectivity index (χ0v) is 13.3. The first-order valence-corrected chi connectivity index (χ1v) is 7.36. The van der Waals surface area contributed by atoms with Crippen LogP contribution in [0.3, 0.4) is 0 Å². The van der Waals surface area contributed by atoms with Crippen molar-refractivity contribution in [2.24, 2.45) is 11.7 Å². The van der Waals surface area contributed by atoms with Crippen LogP contribution in [0.5, 0.6) is 0 Å². The third-order valence-corrected chi connectivity index (χ3v) is 3.29. The smallest absolute Gasteiger partial charge is 0.319 e. The quantitative estimate of drug-likeness (QED) is 0.754. The molecule has 1 rings (SSSR count). The van der Waals surface area contributed by atoms with Gasteiger partial charge in [-0.25, -0.2) is 4.79 Å². The van der Waals surface area contributed by atoms with Gasteiger partial charge in [-0.1, -0.05) is 32.4 Å². The monoisotopic (exact) mass is 311 g/mol. The second-order valence-corrected chi connectivity index (χ2v) is 5.77. The lowest BCUT2D eigenvalue weighted by Crippen LogP contribution is -2.46. The van der Waals surface area contributed by atoms with Gasteiger partial charge in [0.25, 0.3) is 0 Å². The third kappa shape index (κ3) is 5.63. The van der Waals surface area contributed by atoms with Crippen LogP contribution in [0.1, 0.15) is 32.8 Å². The van der Waals surface area contributed by atoms with E-state index in [4.69, 9.17) is 17.3 Å². The lowest BCUT2D eigenvalue weighted by atomic mass is 10.0. The Bertz CT molecular complexity index is 518. The van der Waals surface area contributed by atoms with Gasteiger partial charge in [0.15, 0.2) is 0 Å². The molecule has 0 saturated carbocycles. The molecular formula is C15H22ClN3O2. The summed E-state index contributed by atoms with van der Waals surface area (Å²) >= 11 is 5.93. The highest BCUT2D eigenvalue weighted by molar-refractivity contribution is 6.30. The molecule has 6 heteroatoms. The minimum absolute atomic E-state index is 0.254. The topological polar surface area (TPSA) is 84.2 Å². The van der Waals surface area contributed by atoms with Crippen LogP contribution < -0.4 is 16.4 Å². The Morgan fingerprint density at radius 1 is 1.33 bits per heavy atom. The van der Waals surface area contributed by atoms with Crippen LogP contribution in [0.15, 0.2) is 18.2 Å². The van der Waals surface area contributed by atoms with E-state index in [1.807, 2.05) is 20.8 Å². The number of anilines is 1. The molecule has 0 saturated heterocycles. The normalized spacial score (nSPS) is 12.0. The molecule has 4 N–H and O–H groups in total. The first-order valence-electron chi connectivity index (χ1n) is 6.98. The van der Waals surface area contributed by atoms with Crippen molar-refractivity contribution in [1.29, 1.82) is 0 Å². The van der Waals surface area contributed by atoms with Crippen LogP contribution >= 0.6 is 11.6 Å².